The molecule has 0 amide bonds. The van der Waals surface area contributed by atoms with Crippen molar-refractivity contribution >= 4 is 11.7 Å². The second-order valence-electron chi connectivity index (χ2n) is 3.31. The van der Waals surface area contributed by atoms with Crippen LogP contribution in [0.15, 0.2) is 12.1 Å². The molecule has 98 valence electrons. The van der Waals surface area contributed by atoms with Crippen molar-refractivity contribution in [2.75, 3.05) is 0 Å². The minimum absolute atomic E-state index is 0.257. The maximum Gasteiger partial charge on any atom is 0.393 e. The predicted octanol–water partition coefficient (Wildman–Crippen LogP) is 2.54. The number of aromatic carboxylic acids is 1. The first kappa shape index (κ1) is 13.9. The van der Waals surface area contributed by atoms with E-state index in [1.54, 1.807) is 0 Å². The Morgan fingerprint density at radius 3 is 2.33 bits per heavy atom. The van der Waals surface area contributed by atoms with Gasteiger partial charge in [0.2, 0.25) is 0 Å². The van der Waals surface area contributed by atoms with E-state index in [0.29, 0.717) is 6.07 Å². The third-order valence-corrected chi connectivity index (χ3v) is 2.00. The Hall–Kier alpha value is -2.19. The first-order valence-corrected chi connectivity index (χ1v) is 4.38. The van der Waals surface area contributed by atoms with Crippen LogP contribution in [0.25, 0.3) is 0 Å². The summed E-state index contributed by atoms with van der Waals surface area (Å²) in [6.07, 6.45) is -6.65. The van der Waals surface area contributed by atoms with Crippen LogP contribution in [0.3, 0.4) is 0 Å². The van der Waals surface area contributed by atoms with Crippen molar-refractivity contribution in [3.05, 3.63) is 39.2 Å². The van der Waals surface area contributed by atoms with Gasteiger partial charge in [0, 0.05) is 0 Å². The normalized spacial score (nSPS) is 11.3. The number of hydrogen-bond donors (Lipinski definition) is 1. The lowest BCUT2D eigenvalue weighted by molar-refractivity contribution is -0.386. The predicted molar refractivity (Wildman–Crippen MR) is 49.8 cm³/mol. The molecule has 0 bridgehead atoms. The van der Waals surface area contributed by atoms with Crippen molar-refractivity contribution in [1.29, 1.82) is 0 Å². The van der Waals surface area contributed by atoms with Gasteiger partial charge >= 0.3 is 12.1 Å². The van der Waals surface area contributed by atoms with E-state index >= 15 is 0 Å². The molecule has 0 spiro atoms. The monoisotopic (exact) mass is 267 g/mol. The fraction of sp³-hybridized carbons (Fsp3) is 0.222. The largest absolute Gasteiger partial charge is 0.478 e. The molecule has 0 radical (unpaired) electrons. The van der Waals surface area contributed by atoms with E-state index < -0.39 is 46.1 Å². The Bertz CT molecular complexity index is 477. The molecule has 0 saturated heterocycles. The van der Waals surface area contributed by atoms with Crippen LogP contribution in [-0.4, -0.2) is 22.2 Å². The first-order chi connectivity index (χ1) is 8.11. The Balaban J connectivity index is 3.51. The summed E-state index contributed by atoms with van der Waals surface area (Å²) in [7, 11) is 0. The van der Waals surface area contributed by atoms with Crippen molar-refractivity contribution < 1.29 is 32.4 Å². The van der Waals surface area contributed by atoms with Crippen LogP contribution in [0, 0.1) is 15.9 Å². The molecule has 0 unspecified atom stereocenters. The molecule has 0 fully saturated rings. The van der Waals surface area contributed by atoms with E-state index in [9.17, 15) is 32.5 Å². The molecule has 0 atom stereocenters. The maximum atomic E-state index is 12.9. The SMILES string of the molecule is O=C(O)c1cc(F)cc([N+](=O)[O-])c1CC(F)(F)F. The van der Waals surface area contributed by atoms with Gasteiger partial charge in [-0.05, 0) is 6.07 Å². The molecule has 0 saturated carbocycles. The molecule has 1 aromatic rings. The first-order valence-electron chi connectivity index (χ1n) is 4.38. The van der Waals surface area contributed by atoms with Crippen LogP contribution < -0.4 is 0 Å². The minimum Gasteiger partial charge on any atom is -0.478 e. The minimum atomic E-state index is -4.84. The number of nitrogens with zero attached hydrogens (tertiary/aromatic N) is 1. The van der Waals surface area contributed by atoms with E-state index in [2.05, 4.69) is 0 Å². The summed E-state index contributed by atoms with van der Waals surface area (Å²) in [5.41, 5.74) is -3.34. The summed E-state index contributed by atoms with van der Waals surface area (Å²) < 4.78 is 49.6. The third-order valence-electron chi connectivity index (χ3n) is 2.00. The summed E-state index contributed by atoms with van der Waals surface area (Å²) in [6.45, 7) is 0. The number of benzene rings is 1. The number of nitro groups is 1. The van der Waals surface area contributed by atoms with Crippen LogP contribution in [0.5, 0.6) is 0 Å². The maximum absolute atomic E-state index is 12.9. The molecule has 9 heteroatoms. The zero-order chi connectivity index (χ0) is 14.1. The molecule has 5 nitrogen and oxygen atoms in total. The summed E-state index contributed by atoms with van der Waals surface area (Å²) in [5.74, 6) is -3.15. The number of carboxylic acid groups (broad SMARTS) is 1. The third kappa shape index (κ3) is 3.15. The van der Waals surface area contributed by atoms with Gasteiger partial charge in [-0.25, -0.2) is 9.18 Å². The summed E-state index contributed by atoms with van der Waals surface area (Å²) in [6, 6.07) is 0.573. The second-order valence-corrected chi connectivity index (χ2v) is 3.31. The standard InChI is InChI=1S/C9H5F4NO4/c10-4-1-5(8(15)16)6(3-9(11,12)13)7(2-4)14(17)18/h1-2H,3H2,(H,15,16). The molecule has 0 aliphatic carbocycles. The average Bonchev–Trinajstić information content (AvgIpc) is 2.17. The lowest BCUT2D eigenvalue weighted by Gasteiger charge is -2.10. The average molecular weight is 267 g/mol. The molecule has 1 N–H and O–H groups in total. The molecule has 1 rings (SSSR count). The Labute approximate surface area is 96.8 Å². The Morgan fingerprint density at radius 2 is 1.94 bits per heavy atom. The highest BCUT2D eigenvalue weighted by Gasteiger charge is 2.35. The Morgan fingerprint density at radius 1 is 1.39 bits per heavy atom. The van der Waals surface area contributed by atoms with Gasteiger partial charge in [0.1, 0.15) is 5.82 Å². The number of carboxylic acids is 1. The van der Waals surface area contributed by atoms with Crippen molar-refractivity contribution in [3.63, 3.8) is 0 Å². The van der Waals surface area contributed by atoms with Crippen molar-refractivity contribution in [3.8, 4) is 0 Å². The number of hydrogen-bond acceptors (Lipinski definition) is 3. The van der Waals surface area contributed by atoms with Crippen LogP contribution in [0.2, 0.25) is 0 Å². The fourth-order valence-electron chi connectivity index (χ4n) is 1.36. The molecule has 0 aliphatic rings. The molecular formula is C9H5F4NO4. The van der Waals surface area contributed by atoms with Crippen molar-refractivity contribution in [2.45, 2.75) is 12.6 Å². The molecule has 0 aliphatic heterocycles. The van der Waals surface area contributed by atoms with E-state index in [1.807, 2.05) is 0 Å². The highest BCUT2D eigenvalue weighted by atomic mass is 19.4. The fourth-order valence-corrected chi connectivity index (χ4v) is 1.36. The van der Waals surface area contributed by atoms with E-state index in [-0.39, 0.29) is 6.07 Å². The van der Waals surface area contributed by atoms with Crippen molar-refractivity contribution in [1.82, 2.24) is 0 Å². The molecule has 1 aromatic carbocycles. The van der Waals surface area contributed by atoms with Gasteiger partial charge in [0.15, 0.2) is 0 Å². The van der Waals surface area contributed by atoms with Crippen LogP contribution >= 0.6 is 0 Å². The second kappa shape index (κ2) is 4.59. The molecule has 18 heavy (non-hydrogen) atoms. The van der Waals surface area contributed by atoms with Gasteiger partial charge in [-0.2, -0.15) is 13.2 Å². The lowest BCUT2D eigenvalue weighted by Crippen LogP contribution is -2.17. The summed E-state index contributed by atoms with van der Waals surface area (Å²) in [4.78, 5) is 19.9. The van der Waals surface area contributed by atoms with E-state index in [0.717, 1.165) is 0 Å². The molecule has 0 heterocycles. The van der Waals surface area contributed by atoms with Crippen molar-refractivity contribution in [2.24, 2.45) is 0 Å². The van der Waals surface area contributed by atoms with E-state index in [4.69, 9.17) is 5.11 Å². The lowest BCUT2D eigenvalue weighted by atomic mass is 10.0. The van der Waals surface area contributed by atoms with Gasteiger partial charge < -0.3 is 5.11 Å². The zero-order valence-corrected chi connectivity index (χ0v) is 8.49. The van der Waals surface area contributed by atoms with Crippen LogP contribution in [-0.2, 0) is 6.42 Å². The topological polar surface area (TPSA) is 80.4 Å². The highest BCUT2D eigenvalue weighted by molar-refractivity contribution is 5.90. The van der Waals surface area contributed by atoms with Crippen LogP contribution in [0.1, 0.15) is 15.9 Å². The smallest absolute Gasteiger partial charge is 0.393 e. The van der Waals surface area contributed by atoms with E-state index in [1.165, 1.54) is 0 Å². The summed E-state index contributed by atoms with van der Waals surface area (Å²) in [5, 5.41) is 19.1. The van der Waals surface area contributed by atoms with Gasteiger partial charge in [-0.3, -0.25) is 10.1 Å². The van der Waals surface area contributed by atoms with Gasteiger partial charge in [-0.1, -0.05) is 0 Å². The number of alkyl halides is 3. The summed E-state index contributed by atoms with van der Waals surface area (Å²) >= 11 is 0. The number of nitro benzene ring substituents is 1. The van der Waals surface area contributed by atoms with Gasteiger partial charge in [-0.15, -0.1) is 0 Å². The van der Waals surface area contributed by atoms with Gasteiger partial charge in [0.05, 0.1) is 28.5 Å². The van der Waals surface area contributed by atoms with Crippen LogP contribution in [0.4, 0.5) is 23.2 Å². The Kier molecular flexibility index (Phi) is 3.54. The number of rotatable bonds is 3. The molecule has 0 aromatic heterocycles. The number of carbonyl (C=O) groups is 1. The zero-order valence-electron chi connectivity index (χ0n) is 8.49. The number of halogens is 4. The highest BCUT2D eigenvalue weighted by Crippen LogP contribution is 2.31. The molecular weight excluding hydrogens is 262 g/mol. The van der Waals surface area contributed by atoms with Gasteiger partial charge in [0.25, 0.3) is 5.69 Å². The quantitative estimate of drug-likeness (QED) is 0.518.